The molecule has 1 nitrogen and oxygen atoms in total. The molecule has 1 aliphatic rings. The second-order valence-electron chi connectivity index (χ2n) is 1.77. The highest BCUT2D eigenvalue weighted by Crippen LogP contribution is 2.19. The Morgan fingerprint density at radius 1 is 1.44 bits per heavy atom. The summed E-state index contributed by atoms with van der Waals surface area (Å²) < 4.78 is 38.4. The smallest absolute Gasteiger partial charge is 0.369 e. The van der Waals surface area contributed by atoms with Crippen LogP contribution >= 0.6 is 0 Å². The monoisotopic (exact) mass is 138 g/mol. The molecule has 0 spiro atoms. The van der Waals surface area contributed by atoms with E-state index in [1.165, 1.54) is 0 Å². The molecule has 0 aliphatic carbocycles. The lowest BCUT2D eigenvalue weighted by molar-refractivity contribution is -0.0801. The maximum atomic E-state index is 11.3. The number of rotatable bonds is 1. The fraction of sp³-hybridized carbons (Fsp3) is 0.600. The zero-order chi connectivity index (χ0) is 6.91. The van der Waals surface area contributed by atoms with Crippen molar-refractivity contribution in [2.45, 2.75) is 12.3 Å². The molecule has 1 unspecified atom stereocenters. The van der Waals surface area contributed by atoms with E-state index in [1.54, 1.807) is 0 Å². The molecule has 0 bridgehead atoms. The normalized spacial score (nSPS) is 27.2. The van der Waals surface area contributed by atoms with Crippen LogP contribution in [0.5, 0.6) is 0 Å². The number of allylic oxidation sites excluding steroid dienone is 1. The van der Waals surface area contributed by atoms with E-state index >= 15 is 0 Å². The minimum absolute atomic E-state index is 0.199. The first-order valence-electron chi connectivity index (χ1n) is 2.45. The van der Waals surface area contributed by atoms with Gasteiger partial charge in [-0.3, -0.25) is 0 Å². The van der Waals surface area contributed by atoms with E-state index in [1.807, 2.05) is 0 Å². The van der Waals surface area contributed by atoms with Crippen molar-refractivity contribution in [1.82, 2.24) is 0 Å². The van der Waals surface area contributed by atoms with Gasteiger partial charge in [0.25, 0.3) is 0 Å². The van der Waals surface area contributed by atoms with Gasteiger partial charge in [0, 0.05) is 6.08 Å². The summed E-state index contributed by atoms with van der Waals surface area (Å²) >= 11 is 0. The number of hydrogen-bond acceptors (Lipinski definition) is 1. The van der Waals surface area contributed by atoms with E-state index in [9.17, 15) is 13.2 Å². The molecule has 0 aromatic heterocycles. The molecule has 1 fully saturated rings. The lowest BCUT2D eigenvalue weighted by Gasteiger charge is -1.94. The Morgan fingerprint density at radius 2 is 2.00 bits per heavy atom. The van der Waals surface area contributed by atoms with Crippen LogP contribution in [0.15, 0.2) is 12.2 Å². The van der Waals surface area contributed by atoms with Gasteiger partial charge in [-0.05, 0) is 6.08 Å². The van der Waals surface area contributed by atoms with Crippen molar-refractivity contribution >= 4 is 0 Å². The second kappa shape index (κ2) is 2.02. The maximum absolute atomic E-state index is 11.3. The first-order chi connectivity index (χ1) is 4.08. The van der Waals surface area contributed by atoms with E-state index < -0.39 is 6.18 Å². The van der Waals surface area contributed by atoms with Crippen LogP contribution < -0.4 is 0 Å². The Morgan fingerprint density at radius 3 is 2.33 bits per heavy atom. The van der Waals surface area contributed by atoms with E-state index in [0.29, 0.717) is 6.61 Å². The molecule has 1 atom stereocenters. The largest absolute Gasteiger partial charge is 0.409 e. The summed E-state index contributed by atoms with van der Waals surface area (Å²) in [7, 11) is 0. The molecule has 52 valence electrons. The van der Waals surface area contributed by atoms with Gasteiger partial charge in [0.1, 0.15) is 0 Å². The Bertz CT molecular complexity index is 123. The summed E-state index contributed by atoms with van der Waals surface area (Å²) in [4.78, 5) is 0. The highest BCUT2D eigenvalue weighted by atomic mass is 19.4. The third kappa shape index (κ3) is 3.13. The molecular formula is C5H5F3O. The second-order valence-corrected chi connectivity index (χ2v) is 1.77. The average molecular weight is 138 g/mol. The minimum atomic E-state index is -4.19. The molecule has 1 heterocycles. The lowest BCUT2D eigenvalue weighted by Crippen LogP contribution is -2.01. The minimum Gasteiger partial charge on any atom is -0.369 e. The van der Waals surface area contributed by atoms with Crippen LogP contribution in [0.4, 0.5) is 13.2 Å². The third-order valence-corrected chi connectivity index (χ3v) is 0.859. The molecule has 0 amide bonds. The van der Waals surface area contributed by atoms with Crippen molar-refractivity contribution in [2.24, 2.45) is 0 Å². The molecule has 0 radical (unpaired) electrons. The Labute approximate surface area is 50.1 Å². The van der Waals surface area contributed by atoms with Gasteiger partial charge in [0.15, 0.2) is 0 Å². The van der Waals surface area contributed by atoms with Gasteiger partial charge >= 0.3 is 6.18 Å². The van der Waals surface area contributed by atoms with Crippen molar-refractivity contribution in [3.63, 3.8) is 0 Å². The first-order valence-corrected chi connectivity index (χ1v) is 2.45. The van der Waals surface area contributed by atoms with Crippen molar-refractivity contribution in [3.05, 3.63) is 12.2 Å². The molecule has 0 aromatic carbocycles. The van der Waals surface area contributed by atoms with Crippen LogP contribution in [0.25, 0.3) is 0 Å². The van der Waals surface area contributed by atoms with Crippen LogP contribution in [-0.2, 0) is 4.74 Å². The van der Waals surface area contributed by atoms with Crippen molar-refractivity contribution < 1.29 is 17.9 Å². The van der Waals surface area contributed by atoms with Crippen molar-refractivity contribution in [3.8, 4) is 0 Å². The van der Waals surface area contributed by atoms with Gasteiger partial charge < -0.3 is 4.74 Å². The van der Waals surface area contributed by atoms with Crippen LogP contribution in [0.3, 0.4) is 0 Å². The standard InChI is InChI=1S/C5H5F3O/c6-5(7,8)2-1-4-3-9-4/h1-2,4H,3H2/b2-1+. The molecule has 0 N–H and O–H groups in total. The summed E-state index contributed by atoms with van der Waals surface area (Å²) in [5.41, 5.74) is 0. The van der Waals surface area contributed by atoms with E-state index in [-0.39, 0.29) is 12.2 Å². The van der Waals surface area contributed by atoms with Gasteiger partial charge in [-0.15, -0.1) is 0 Å². The van der Waals surface area contributed by atoms with Gasteiger partial charge in [0.2, 0.25) is 0 Å². The zero-order valence-electron chi connectivity index (χ0n) is 4.48. The van der Waals surface area contributed by atoms with Crippen molar-refractivity contribution in [2.75, 3.05) is 6.61 Å². The molecule has 0 aromatic rings. The topological polar surface area (TPSA) is 12.5 Å². The van der Waals surface area contributed by atoms with E-state index in [2.05, 4.69) is 4.74 Å². The quantitative estimate of drug-likeness (QED) is 0.395. The molecular weight excluding hydrogens is 133 g/mol. The predicted octanol–water partition coefficient (Wildman–Crippen LogP) is 1.50. The Balaban J connectivity index is 2.29. The fourth-order valence-electron chi connectivity index (χ4n) is 0.383. The fourth-order valence-corrected chi connectivity index (χ4v) is 0.383. The number of alkyl halides is 3. The average Bonchev–Trinajstić information content (AvgIpc) is 2.38. The predicted molar refractivity (Wildman–Crippen MR) is 24.9 cm³/mol. The van der Waals surface area contributed by atoms with Gasteiger partial charge in [-0.1, -0.05) is 0 Å². The van der Waals surface area contributed by atoms with Crippen LogP contribution in [0, 0.1) is 0 Å². The highest BCUT2D eigenvalue weighted by molar-refractivity contribution is 4.99. The third-order valence-electron chi connectivity index (χ3n) is 0.859. The Kier molecular flexibility index (Phi) is 1.48. The highest BCUT2D eigenvalue weighted by Gasteiger charge is 2.26. The first kappa shape index (κ1) is 6.61. The van der Waals surface area contributed by atoms with E-state index in [0.717, 1.165) is 6.08 Å². The van der Waals surface area contributed by atoms with E-state index in [4.69, 9.17) is 0 Å². The van der Waals surface area contributed by atoms with Crippen LogP contribution in [0.1, 0.15) is 0 Å². The lowest BCUT2D eigenvalue weighted by atomic mass is 10.4. The number of epoxide rings is 1. The summed E-state index contributed by atoms with van der Waals surface area (Å²) in [5.74, 6) is 0. The molecule has 4 heteroatoms. The van der Waals surface area contributed by atoms with Gasteiger partial charge in [-0.2, -0.15) is 13.2 Å². The zero-order valence-corrected chi connectivity index (χ0v) is 4.48. The number of halogens is 3. The van der Waals surface area contributed by atoms with Gasteiger partial charge in [0.05, 0.1) is 12.7 Å². The van der Waals surface area contributed by atoms with Crippen LogP contribution in [-0.4, -0.2) is 18.9 Å². The number of ether oxygens (including phenoxy) is 1. The maximum Gasteiger partial charge on any atom is 0.409 e. The summed E-state index contributed by atoms with van der Waals surface area (Å²) in [6, 6.07) is 0. The summed E-state index contributed by atoms with van der Waals surface area (Å²) in [5, 5.41) is 0. The molecule has 1 saturated heterocycles. The molecule has 9 heavy (non-hydrogen) atoms. The SMILES string of the molecule is FC(F)(F)/C=C/C1CO1. The molecule has 1 aliphatic heterocycles. The van der Waals surface area contributed by atoms with Crippen LogP contribution in [0.2, 0.25) is 0 Å². The molecule has 1 rings (SSSR count). The summed E-state index contributed by atoms with van der Waals surface area (Å²) in [6.07, 6.45) is -3.26. The summed E-state index contributed by atoms with van der Waals surface area (Å²) in [6.45, 7) is 0.423. The van der Waals surface area contributed by atoms with Crippen molar-refractivity contribution in [1.29, 1.82) is 0 Å². The Hall–Kier alpha value is -0.510. The van der Waals surface area contributed by atoms with Gasteiger partial charge in [-0.25, -0.2) is 0 Å². The molecule has 0 saturated carbocycles. The number of hydrogen-bond donors (Lipinski definition) is 0.